The molecule has 0 unspecified atom stereocenters. The third kappa shape index (κ3) is 5.13. The van der Waals surface area contributed by atoms with Crippen LogP contribution in [-0.4, -0.2) is 38.6 Å². The van der Waals surface area contributed by atoms with Gasteiger partial charge in [0.15, 0.2) is 5.13 Å². The van der Waals surface area contributed by atoms with Gasteiger partial charge in [0, 0.05) is 48.9 Å². The molecule has 1 fully saturated rings. The first-order valence-electron chi connectivity index (χ1n) is 12.5. The highest BCUT2D eigenvalue weighted by Crippen LogP contribution is 2.38. The number of carboxylic acids is 1. The van der Waals surface area contributed by atoms with Crippen molar-refractivity contribution in [2.45, 2.75) is 38.5 Å². The molecule has 5 rings (SSSR count). The highest BCUT2D eigenvalue weighted by Gasteiger charge is 2.31. The molecule has 0 radical (unpaired) electrons. The van der Waals surface area contributed by atoms with Gasteiger partial charge in [-0.15, -0.1) is 0 Å². The van der Waals surface area contributed by atoms with E-state index in [1.165, 1.54) is 4.90 Å². The van der Waals surface area contributed by atoms with Crippen molar-refractivity contribution in [1.29, 1.82) is 0 Å². The van der Waals surface area contributed by atoms with Crippen LogP contribution >= 0.6 is 11.3 Å². The summed E-state index contributed by atoms with van der Waals surface area (Å²) in [5.74, 6) is -1.64. The van der Waals surface area contributed by atoms with E-state index in [9.17, 15) is 14.7 Å². The molecular weight excluding hydrogens is 491 g/mol. The Morgan fingerprint density at radius 1 is 1.22 bits per heavy atom. The average molecular weight is 521 g/mol. The van der Waals surface area contributed by atoms with E-state index in [2.05, 4.69) is 9.97 Å². The van der Waals surface area contributed by atoms with Gasteiger partial charge in [0.2, 0.25) is 11.0 Å². The van der Waals surface area contributed by atoms with Crippen LogP contribution < -0.4 is 4.90 Å². The van der Waals surface area contributed by atoms with Gasteiger partial charge in [-0.05, 0) is 30.0 Å². The number of nitrogens with zero attached hydrogens (tertiary/aromatic N) is 4. The summed E-state index contributed by atoms with van der Waals surface area (Å²) >= 11 is 0.795. The van der Waals surface area contributed by atoms with Crippen LogP contribution in [-0.2, 0) is 16.6 Å². The number of carboxylic acid groups (broad SMARTS) is 1. The van der Waals surface area contributed by atoms with Crippen molar-refractivity contribution in [2.75, 3.05) is 11.9 Å². The molecule has 7 nitrogen and oxygen atoms in total. The van der Waals surface area contributed by atoms with Gasteiger partial charge in [-0.3, -0.25) is 14.5 Å². The quantitative estimate of drug-likeness (QED) is 0.302. The lowest BCUT2D eigenvalue weighted by molar-refractivity contribution is -0.140. The Morgan fingerprint density at radius 3 is 2.68 bits per heavy atom. The molecule has 0 bridgehead atoms. The van der Waals surface area contributed by atoms with Gasteiger partial charge in [-0.2, -0.15) is 4.39 Å². The number of thiazole rings is 1. The molecule has 192 valence electrons. The molecule has 9 heteroatoms. The Morgan fingerprint density at radius 2 is 1.95 bits per heavy atom. The normalized spacial score (nSPS) is 14.8. The number of halogens is 1. The summed E-state index contributed by atoms with van der Waals surface area (Å²) in [4.78, 5) is 35.2. The van der Waals surface area contributed by atoms with Crippen LogP contribution in [0, 0.1) is 17.0 Å². The number of aromatic nitrogens is 3. The fourth-order valence-corrected chi connectivity index (χ4v) is 6.12. The van der Waals surface area contributed by atoms with Crippen molar-refractivity contribution < 1.29 is 19.1 Å². The van der Waals surface area contributed by atoms with Gasteiger partial charge in [0.25, 0.3) is 0 Å². The molecule has 4 aromatic rings. The van der Waals surface area contributed by atoms with Crippen molar-refractivity contribution >= 4 is 39.4 Å². The van der Waals surface area contributed by atoms with Crippen LogP contribution in [0.3, 0.4) is 0 Å². The molecule has 1 aliphatic rings. The fraction of sp³-hybridized carbons (Fsp3) is 0.357. The molecule has 1 amide bonds. The van der Waals surface area contributed by atoms with E-state index in [4.69, 9.17) is 0 Å². The number of carbonyl (C=O) groups is 2. The van der Waals surface area contributed by atoms with E-state index in [-0.39, 0.29) is 23.2 Å². The van der Waals surface area contributed by atoms with Gasteiger partial charge in [-0.25, -0.2) is 9.97 Å². The Hall–Kier alpha value is -3.59. The number of aliphatic carboxylic acids is 1. The van der Waals surface area contributed by atoms with Crippen LogP contribution in [0.2, 0.25) is 0 Å². The molecule has 3 heterocycles. The highest BCUT2D eigenvalue weighted by atomic mass is 32.1. The monoisotopic (exact) mass is 520 g/mol. The summed E-state index contributed by atoms with van der Waals surface area (Å²) in [5.41, 5.74) is 3.25. The Kier molecular flexibility index (Phi) is 7.06. The lowest BCUT2D eigenvalue weighted by Crippen LogP contribution is -2.35. The molecule has 1 N–H and O–H groups in total. The lowest BCUT2D eigenvalue weighted by atomic mass is 9.90. The SMILES string of the molecule is CN(C(=O)[C@@H](CC(=O)O)CC1CCCC1)c1nc(-c2ccccc2-c2cnc3c(ccn3C)c2)c(F)s1. The Labute approximate surface area is 218 Å². The van der Waals surface area contributed by atoms with Crippen molar-refractivity contribution in [2.24, 2.45) is 18.9 Å². The smallest absolute Gasteiger partial charge is 0.304 e. The summed E-state index contributed by atoms with van der Waals surface area (Å²) < 4.78 is 17.3. The summed E-state index contributed by atoms with van der Waals surface area (Å²) in [6.07, 6.45) is 8.26. The third-order valence-corrected chi connectivity index (χ3v) is 8.18. The number of anilines is 1. The summed E-state index contributed by atoms with van der Waals surface area (Å²) in [5, 5.41) is 10.1. The maximum atomic E-state index is 15.3. The van der Waals surface area contributed by atoms with E-state index < -0.39 is 17.0 Å². The fourth-order valence-electron chi connectivity index (χ4n) is 5.34. The van der Waals surface area contributed by atoms with E-state index in [1.807, 2.05) is 54.2 Å². The maximum Gasteiger partial charge on any atom is 0.304 e. The number of hydrogen-bond donors (Lipinski definition) is 1. The number of aryl methyl sites for hydroxylation is 1. The Balaban J connectivity index is 1.45. The van der Waals surface area contributed by atoms with Crippen LogP contribution in [0.4, 0.5) is 9.52 Å². The second kappa shape index (κ2) is 10.4. The molecule has 0 spiro atoms. The molecule has 3 aromatic heterocycles. The first-order chi connectivity index (χ1) is 17.8. The molecular formula is C28H29FN4O3S. The van der Waals surface area contributed by atoms with Crippen molar-refractivity contribution in [3.8, 4) is 22.4 Å². The molecule has 0 aliphatic heterocycles. The lowest BCUT2D eigenvalue weighted by Gasteiger charge is -2.23. The number of hydrogen-bond acceptors (Lipinski definition) is 5. The van der Waals surface area contributed by atoms with Gasteiger partial charge in [0.1, 0.15) is 11.3 Å². The second-order valence-electron chi connectivity index (χ2n) is 9.81. The van der Waals surface area contributed by atoms with E-state index in [0.717, 1.165) is 59.2 Å². The minimum Gasteiger partial charge on any atom is -0.481 e. The zero-order chi connectivity index (χ0) is 26.1. The molecule has 1 saturated carbocycles. The zero-order valence-electron chi connectivity index (χ0n) is 20.9. The molecule has 1 aromatic carbocycles. The molecule has 0 saturated heterocycles. The summed E-state index contributed by atoms with van der Waals surface area (Å²) in [6, 6.07) is 11.4. The standard InChI is InChI=1S/C28H29FN4O3S/c1-32-12-11-18-14-20(16-30-26(18)32)21-9-5-6-10-22(21)24-25(29)37-28(31-24)33(2)27(36)19(15-23(34)35)13-17-7-3-4-8-17/h5-6,9-12,14,16-17,19H,3-4,7-8,13,15H2,1-2H3,(H,34,35)/t19-/m1/s1. The number of carbonyl (C=O) groups excluding carboxylic acids is 1. The van der Waals surface area contributed by atoms with Crippen LogP contribution in [0.5, 0.6) is 0 Å². The average Bonchev–Trinajstić information content (AvgIpc) is 3.63. The van der Waals surface area contributed by atoms with E-state index in [0.29, 0.717) is 17.9 Å². The summed E-state index contributed by atoms with van der Waals surface area (Å²) in [7, 11) is 3.48. The van der Waals surface area contributed by atoms with Gasteiger partial charge >= 0.3 is 5.97 Å². The van der Waals surface area contributed by atoms with Crippen LogP contribution in [0.15, 0.2) is 48.8 Å². The molecule has 1 atom stereocenters. The van der Waals surface area contributed by atoms with Crippen LogP contribution in [0.25, 0.3) is 33.4 Å². The zero-order valence-corrected chi connectivity index (χ0v) is 21.7. The minimum absolute atomic E-state index is 0.161. The number of amides is 1. The first-order valence-corrected chi connectivity index (χ1v) is 13.3. The molecule has 37 heavy (non-hydrogen) atoms. The predicted molar refractivity (Wildman–Crippen MR) is 143 cm³/mol. The number of fused-ring (bicyclic) bond motifs is 1. The van der Waals surface area contributed by atoms with Crippen molar-refractivity contribution in [3.05, 3.63) is 53.9 Å². The van der Waals surface area contributed by atoms with Gasteiger partial charge in [-0.1, -0.05) is 61.3 Å². The van der Waals surface area contributed by atoms with Gasteiger partial charge in [0.05, 0.1) is 6.42 Å². The van der Waals surface area contributed by atoms with Crippen molar-refractivity contribution in [3.63, 3.8) is 0 Å². The summed E-state index contributed by atoms with van der Waals surface area (Å²) in [6.45, 7) is 0. The second-order valence-corrected chi connectivity index (χ2v) is 10.7. The van der Waals surface area contributed by atoms with E-state index in [1.54, 1.807) is 13.2 Å². The number of rotatable bonds is 8. The number of pyridine rings is 1. The molecule has 1 aliphatic carbocycles. The Bertz CT molecular complexity index is 1460. The third-order valence-electron chi connectivity index (χ3n) is 7.25. The van der Waals surface area contributed by atoms with Crippen LogP contribution in [0.1, 0.15) is 38.5 Å². The van der Waals surface area contributed by atoms with E-state index >= 15 is 4.39 Å². The first kappa shape index (κ1) is 25.1. The largest absolute Gasteiger partial charge is 0.481 e. The number of benzene rings is 1. The van der Waals surface area contributed by atoms with Gasteiger partial charge < -0.3 is 9.67 Å². The predicted octanol–water partition coefficient (Wildman–Crippen LogP) is 6.14. The maximum absolute atomic E-state index is 15.3. The topological polar surface area (TPSA) is 88.3 Å². The van der Waals surface area contributed by atoms with Crippen molar-refractivity contribution in [1.82, 2.24) is 14.5 Å². The minimum atomic E-state index is -1.01. The highest BCUT2D eigenvalue weighted by molar-refractivity contribution is 7.14.